The number of methoxy groups -OCH3 is 1. The fraction of sp³-hybridized carbons (Fsp3) is 0.250. The molecule has 138 valence electrons. The maximum atomic E-state index is 12.3. The minimum absolute atomic E-state index is 0.220. The summed E-state index contributed by atoms with van der Waals surface area (Å²) in [6, 6.07) is 3.33. The van der Waals surface area contributed by atoms with Gasteiger partial charge in [0, 0.05) is 24.4 Å². The number of rotatable bonds is 4. The van der Waals surface area contributed by atoms with Gasteiger partial charge in [0.05, 0.1) is 24.6 Å². The van der Waals surface area contributed by atoms with Crippen LogP contribution in [0.15, 0.2) is 40.1 Å². The zero-order valence-electron chi connectivity index (χ0n) is 15.0. The SMILES string of the molecule is CCc1c2c(cc(-c3cnco3)c1OC)-c1cc(=O)c(C(=O)O)cn1CC2. The lowest BCUT2D eigenvalue weighted by molar-refractivity contribution is 0.0694. The summed E-state index contributed by atoms with van der Waals surface area (Å²) in [4.78, 5) is 27.6. The number of carbonyl (C=O) groups is 1. The predicted molar refractivity (Wildman–Crippen MR) is 98.2 cm³/mol. The number of pyridine rings is 1. The lowest BCUT2D eigenvalue weighted by atomic mass is 9.88. The summed E-state index contributed by atoms with van der Waals surface area (Å²) in [6.45, 7) is 2.65. The Labute approximate surface area is 154 Å². The zero-order chi connectivity index (χ0) is 19.1. The molecule has 0 saturated carbocycles. The average Bonchev–Trinajstić information content (AvgIpc) is 3.20. The van der Waals surface area contributed by atoms with Crippen LogP contribution in [-0.2, 0) is 19.4 Å². The van der Waals surface area contributed by atoms with E-state index in [0.717, 1.165) is 40.8 Å². The summed E-state index contributed by atoms with van der Waals surface area (Å²) in [7, 11) is 1.63. The summed E-state index contributed by atoms with van der Waals surface area (Å²) < 4.78 is 13.0. The van der Waals surface area contributed by atoms with E-state index in [1.807, 2.05) is 10.6 Å². The number of nitrogens with zero attached hydrogens (tertiary/aromatic N) is 2. The first kappa shape index (κ1) is 17.1. The van der Waals surface area contributed by atoms with Gasteiger partial charge in [0.1, 0.15) is 11.3 Å². The summed E-state index contributed by atoms with van der Waals surface area (Å²) >= 11 is 0. The van der Waals surface area contributed by atoms with Gasteiger partial charge in [-0.2, -0.15) is 0 Å². The minimum Gasteiger partial charge on any atom is -0.496 e. The molecular formula is C20H18N2O5. The third-order valence-electron chi connectivity index (χ3n) is 4.99. The zero-order valence-corrected chi connectivity index (χ0v) is 15.0. The molecule has 0 aliphatic carbocycles. The highest BCUT2D eigenvalue weighted by atomic mass is 16.5. The first-order valence-corrected chi connectivity index (χ1v) is 8.64. The molecule has 0 radical (unpaired) electrons. The van der Waals surface area contributed by atoms with Crippen LogP contribution in [0.25, 0.3) is 22.6 Å². The van der Waals surface area contributed by atoms with E-state index in [4.69, 9.17) is 9.15 Å². The number of benzene rings is 1. The van der Waals surface area contributed by atoms with Crippen LogP contribution >= 0.6 is 0 Å². The number of aromatic nitrogens is 2. The number of carboxylic acid groups (broad SMARTS) is 1. The van der Waals surface area contributed by atoms with Crippen LogP contribution in [0, 0.1) is 0 Å². The largest absolute Gasteiger partial charge is 0.496 e. The van der Waals surface area contributed by atoms with E-state index < -0.39 is 11.4 Å². The Hall–Kier alpha value is -3.35. The molecule has 1 aromatic carbocycles. The molecule has 0 spiro atoms. The normalized spacial score (nSPS) is 12.4. The highest BCUT2D eigenvalue weighted by Gasteiger charge is 2.26. The molecule has 3 aromatic rings. The minimum atomic E-state index is -1.22. The number of carboxylic acids is 1. The Bertz CT molecular complexity index is 1100. The molecule has 0 fully saturated rings. The molecule has 7 heteroatoms. The van der Waals surface area contributed by atoms with Gasteiger partial charge >= 0.3 is 5.97 Å². The highest BCUT2D eigenvalue weighted by Crippen LogP contribution is 2.42. The maximum absolute atomic E-state index is 12.3. The number of aromatic carboxylic acids is 1. The number of hydrogen-bond acceptors (Lipinski definition) is 5. The van der Waals surface area contributed by atoms with E-state index >= 15 is 0 Å². The van der Waals surface area contributed by atoms with Crippen LogP contribution in [0.4, 0.5) is 0 Å². The molecule has 0 atom stereocenters. The van der Waals surface area contributed by atoms with Crippen molar-refractivity contribution in [1.29, 1.82) is 0 Å². The molecule has 27 heavy (non-hydrogen) atoms. The van der Waals surface area contributed by atoms with Crippen LogP contribution in [0.3, 0.4) is 0 Å². The van der Waals surface area contributed by atoms with Gasteiger partial charge in [-0.3, -0.25) is 4.79 Å². The summed E-state index contributed by atoms with van der Waals surface area (Å²) in [5.41, 5.74) is 3.79. The number of hydrogen-bond donors (Lipinski definition) is 1. The van der Waals surface area contributed by atoms with E-state index in [1.165, 1.54) is 18.7 Å². The van der Waals surface area contributed by atoms with Crippen LogP contribution in [0.2, 0.25) is 0 Å². The van der Waals surface area contributed by atoms with Gasteiger partial charge < -0.3 is 18.8 Å². The van der Waals surface area contributed by atoms with Crippen molar-refractivity contribution in [2.45, 2.75) is 26.3 Å². The molecule has 1 N–H and O–H groups in total. The second kappa shape index (κ2) is 6.42. The van der Waals surface area contributed by atoms with Gasteiger partial charge in [-0.15, -0.1) is 0 Å². The maximum Gasteiger partial charge on any atom is 0.341 e. The molecule has 0 amide bonds. The third-order valence-corrected chi connectivity index (χ3v) is 4.99. The molecule has 7 nitrogen and oxygen atoms in total. The van der Waals surface area contributed by atoms with Crippen molar-refractivity contribution in [3.05, 3.63) is 57.8 Å². The van der Waals surface area contributed by atoms with Gasteiger partial charge in [-0.1, -0.05) is 6.92 Å². The molecule has 3 heterocycles. The van der Waals surface area contributed by atoms with E-state index in [2.05, 4.69) is 11.9 Å². The molecule has 0 unspecified atom stereocenters. The molecule has 2 aromatic heterocycles. The summed E-state index contributed by atoms with van der Waals surface area (Å²) in [6.07, 6.45) is 5.88. The second-order valence-electron chi connectivity index (χ2n) is 6.37. The van der Waals surface area contributed by atoms with E-state index in [1.54, 1.807) is 13.3 Å². The van der Waals surface area contributed by atoms with Crippen LogP contribution in [0.5, 0.6) is 5.75 Å². The highest BCUT2D eigenvalue weighted by molar-refractivity contribution is 5.88. The fourth-order valence-corrected chi connectivity index (χ4v) is 3.80. The quantitative estimate of drug-likeness (QED) is 0.763. The third kappa shape index (κ3) is 2.63. The number of ether oxygens (including phenoxy) is 1. The Balaban J connectivity index is 2.03. The molecule has 0 saturated heterocycles. The average molecular weight is 366 g/mol. The summed E-state index contributed by atoms with van der Waals surface area (Å²) in [5, 5.41) is 9.23. The second-order valence-corrected chi connectivity index (χ2v) is 6.37. The predicted octanol–water partition coefficient (Wildman–Crippen LogP) is 3.00. The van der Waals surface area contributed by atoms with E-state index in [-0.39, 0.29) is 5.56 Å². The van der Waals surface area contributed by atoms with Crippen molar-refractivity contribution in [2.24, 2.45) is 0 Å². The Morgan fingerprint density at radius 2 is 2.19 bits per heavy atom. The number of aryl methyl sites for hydroxylation is 1. The molecule has 1 aliphatic heterocycles. The van der Waals surface area contributed by atoms with Crippen LogP contribution in [-0.4, -0.2) is 27.7 Å². The van der Waals surface area contributed by atoms with Crippen molar-refractivity contribution < 1.29 is 19.1 Å². The topological polar surface area (TPSA) is 94.6 Å². The lowest BCUT2D eigenvalue weighted by Crippen LogP contribution is -2.22. The van der Waals surface area contributed by atoms with E-state index in [0.29, 0.717) is 18.0 Å². The van der Waals surface area contributed by atoms with Gasteiger partial charge in [0.15, 0.2) is 17.6 Å². The van der Waals surface area contributed by atoms with Gasteiger partial charge in [-0.25, -0.2) is 9.78 Å². The monoisotopic (exact) mass is 366 g/mol. The van der Waals surface area contributed by atoms with Gasteiger partial charge in [-0.05, 0) is 30.0 Å². The molecule has 4 rings (SSSR count). The smallest absolute Gasteiger partial charge is 0.341 e. The van der Waals surface area contributed by atoms with Gasteiger partial charge in [0.2, 0.25) is 0 Å². The molecule has 0 bridgehead atoms. The Morgan fingerprint density at radius 3 is 2.81 bits per heavy atom. The standard InChI is InChI=1S/C20H18N2O5/c1-3-11-12-4-5-22-9-15(20(24)25)17(23)7-16(22)13(12)6-14(19(11)26-2)18-8-21-10-27-18/h6-10H,3-5H2,1-2H3,(H,24,25). The Morgan fingerprint density at radius 1 is 1.37 bits per heavy atom. The van der Waals surface area contributed by atoms with Crippen molar-refractivity contribution in [2.75, 3.05) is 7.11 Å². The number of oxazole rings is 1. The molecule has 1 aliphatic rings. The van der Waals surface area contributed by atoms with Gasteiger partial charge in [0.25, 0.3) is 0 Å². The van der Waals surface area contributed by atoms with Crippen molar-refractivity contribution in [3.63, 3.8) is 0 Å². The fourth-order valence-electron chi connectivity index (χ4n) is 3.80. The number of fused-ring (bicyclic) bond motifs is 3. The first-order valence-electron chi connectivity index (χ1n) is 8.64. The van der Waals surface area contributed by atoms with Crippen LogP contribution in [0.1, 0.15) is 28.4 Å². The summed E-state index contributed by atoms with van der Waals surface area (Å²) in [5.74, 6) is 0.101. The molecular weight excluding hydrogens is 348 g/mol. The lowest BCUT2D eigenvalue weighted by Gasteiger charge is -2.27. The Kier molecular flexibility index (Phi) is 4.07. The van der Waals surface area contributed by atoms with Crippen LogP contribution < -0.4 is 10.2 Å². The first-order chi connectivity index (χ1) is 13.0. The van der Waals surface area contributed by atoms with Crippen molar-refractivity contribution in [3.8, 4) is 28.3 Å². The van der Waals surface area contributed by atoms with Crippen molar-refractivity contribution in [1.82, 2.24) is 9.55 Å². The van der Waals surface area contributed by atoms with E-state index in [9.17, 15) is 14.7 Å². The van der Waals surface area contributed by atoms with Crippen molar-refractivity contribution >= 4 is 5.97 Å².